The third-order valence-corrected chi connectivity index (χ3v) is 20.8. The number of ether oxygens (including phenoxy) is 2. The van der Waals surface area contributed by atoms with Crippen molar-refractivity contribution in [3.63, 3.8) is 0 Å². The quantitative estimate of drug-likeness (QED) is 0.355. The highest BCUT2D eigenvalue weighted by Crippen LogP contribution is 2.48. The van der Waals surface area contributed by atoms with Gasteiger partial charge in [0.25, 0.3) is 10.7 Å². The van der Waals surface area contributed by atoms with Crippen LogP contribution in [0.25, 0.3) is 0 Å². The maximum absolute atomic E-state index is 13.0. The first-order valence-corrected chi connectivity index (χ1v) is 20.8. The van der Waals surface area contributed by atoms with Crippen LogP contribution in [0.4, 0.5) is 0 Å². The second-order valence-electron chi connectivity index (χ2n) is 12.6. The second-order valence-corrected chi connectivity index (χ2v) is 24.1. The Labute approximate surface area is 255 Å². The fourth-order valence-electron chi connectivity index (χ4n) is 6.19. The maximum atomic E-state index is 13.0. The largest absolute Gasteiger partial charge is 0.460 e. The number of nitrogens with one attached hydrogen (secondary N) is 1. The van der Waals surface area contributed by atoms with Crippen LogP contribution in [-0.4, -0.2) is 94.7 Å². The zero-order chi connectivity index (χ0) is 31.2. The minimum Gasteiger partial charge on any atom is -0.460 e. The van der Waals surface area contributed by atoms with Gasteiger partial charge < -0.3 is 27.3 Å². The summed E-state index contributed by atoms with van der Waals surface area (Å²) in [5.74, 6) is -0.0584. The molecule has 1 N–H and O–H groups in total. The van der Waals surface area contributed by atoms with E-state index in [1.807, 2.05) is 0 Å². The van der Waals surface area contributed by atoms with Crippen molar-refractivity contribution in [3.05, 3.63) is 33.1 Å². The van der Waals surface area contributed by atoms with Crippen LogP contribution in [0.3, 0.4) is 0 Å². The Kier molecular flexibility index (Phi) is 9.99. The van der Waals surface area contributed by atoms with E-state index in [0.29, 0.717) is 0 Å². The average molecular weight is 664 g/mol. The first-order valence-electron chi connectivity index (χ1n) is 14.7. The van der Waals surface area contributed by atoms with Crippen LogP contribution in [0.1, 0.15) is 61.6 Å². The molecule has 16 heteroatoms. The standard InChI is InChI=1S/C26H45N3O9S2Si2/c1-16(2)41(17(3)4)34-15-20-22(37-42(38-41,18(5)6)19(7)8)23(24(35-20)29-10-9-21(30)27-25(29)31)36-26(39)28-11-13-40(32,33)14-12-28/h9-10,16-20,22-24H,11-15H2,1-8H3,(H,27,30,31). The van der Waals surface area contributed by atoms with E-state index in [0.717, 1.165) is 0 Å². The minimum atomic E-state index is -3.14. The monoisotopic (exact) mass is 663 g/mol. The van der Waals surface area contributed by atoms with Gasteiger partial charge in [0.1, 0.15) is 12.2 Å². The lowest BCUT2D eigenvalue weighted by Gasteiger charge is -2.51. The lowest BCUT2D eigenvalue weighted by Crippen LogP contribution is -2.66. The summed E-state index contributed by atoms with van der Waals surface area (Å²) in [5, 5.41) is 0.101. The van der Waals surface area contributed by atoms with Gasteiger partial charge in [-0.3, -0.25) is 14.3 Å². The fourth-order valence-corrected chi connectivity index (χ4v) is 18.9. The molecule has 3 aliphatic rings. The van der Waals surface area contributed by atoms with E-state index in [-0.39, 0.29) is 58.5 Å². The first kappa shape index (κ1) is 33.5. The van der Waals surface area contributed by atoms with Crippen LogP contribution in [0.2, 0.25) is 22.2 Å². The normalized spacial score (nSPS) is 29.0. The number of thiocarbonyl (C=S) groups is 1. The summed E-state index contributed by atoms with van der Waals surface area (Å²) < 4.78 is 59.6. The second kappa shape index (κ2) is 12.5. The number of rotatable bonds is 6. The number of aromatic amines is 1. The summed E-state index contributed by atoms with van der Waals surface area (Å²) in [4.78, 5) is 28.9. The Bertz CT molecular complexity index is 1330. The van der Waals surface area contributed by atoms with Crippen LogP contribution in [0.5, 0.6) is 0 Å². The molecule has 3 saturated heterocycles. The van der Waals surface area contributed by atoms with Gasteiger partial charge in [0.2, 0.25) is 0 Å². The zero-order valence-electron chi connectivity index (χ0n) is 25.7. The maximum Gasteiger partial charge on any atom is 0.335 e. The topological polar surface area (TPSA) is 138 Å². The molecule has 42 heavy (non-hydrogen) atoms. The van der Waals surface area contributed by atoms with Crippen molar-refractivity contribution < 1.29 is 30.9 Å². The predicted molar refractivity (Wildman–Crippen MR) is 167 cm³/mol. The summed E-state index contributed by atoms with van der Waals surface area (Å²) in [6, 6.07) is 1.24. The van der Waals surface area contributed by atoms with Crippen LogP contribution in [0, 0.1) is 0 Å². The molecular weight excluding hydrogens is 619 g/mol. The van der Waals surface area contributed by atoms with Crippen LogP contribution in [-0.2, 0) is 32.3 Å². The molecule has 0 amide bonds. The van der Waals surface area contributed by atoms with Gasteiger partial charge >= 0.3 is 22.8 Å². The molecule has 0 spiro atoms. The third-order valence-electron chi connectivity index (χ3n) is 8.58. The molecule has 4 unspecified atom stereocenters. The molecule has 3 fully saturated rings. The predicted octanol–water partition coefficient (Wildman–Crippen LogP) is 2.79. The highest BCUT2D eigenvalue weighted by atomic mass is 32.2. The van der Waals surface area contributed by atoms with E-state index in [4.69, 9.17) is 34.7 Å². The van der Waals surface area contributed by atoms with Crippen molar-refractivity contribution in [2.45, 2.75) is 102 Å². The fraction of sp³-hybridized carbons (Fsp3) is 0.808. The molecule has 0 aliphatic carbocycles. The van der Waals surface area contributed by atoms with Crippen molar-refractivity contribution in [3.8, 4) is 0 Å². The van der Waals surface area contributed by atoms with Crippen molar-refractivity contribution in [2.75, 3.05) is 31.2 Å². The molecule has 0 saturated carbocycles. The number of H-pyrrole nitrogens is 1. The summed E-state index contributed by atoms with van der Waals surface area (Å²) in [7, 11) is -9.06. The Hall–Kier alpha value is -1.41. The minimum absolute atomic E-state index is 0.0292. The Morgan fingerprint density at radius 2 is 1.57 bits per heavy atom. The SMILES string of the molecule is CC(C)[Si]1(C(C)C)OCC2OC(n3ccc(=O)[nH]c3=O)C(OC(=S)N3CCS(=O)(=O)CC3)C2O[Si](C(C)C)(C(C)C)O1. The number of hydrogen-bond donors (Lipinski definition) is 1. The summed E-state index contributed by atoms with van der Waals surface area (Å²) in [6.45, 7) is 17.5. The molecule has 0 bridgehead atoms. The molecule has 4 rings (SSSR count). The van der Waals surface area contributed by atoms with Crippen LogP contribution >= 0.6 is 12.2 Å². The lowest BCUT2D eigenvalue weighted by molar-refractivity contribution is -0.0597. The number of aromatic nitrogens is 2. The highest BCUT2D eigenvalue weighted by molar-refractivity contribution is 7.91. The molecular formula is C26H45N3O9S2Si2. The number of sulfone groups is 1. The van der Waals surface area contributed by atoms with E-state index in [9.17, 15) is 18.0 Å². The molecule has 1 aromatic rings. The molecule has 1 aromatic heterocycles. The number of fused-ring (bicyclic) bond motifs is 1. The molecule has 12 nitrogen and oxygen atoms in total. The van der Waals surface area contributed by atoms with Gasteiger partial charge in [-0.2, -0.15) is 0 Å². The van der Waals surface area contributed by atoms with E-state index >= 15 is 0 Å². The molecule has 3 aliphatic heterocycles. The van der Waals surface area contributed by atoms with Crippen molar-refractivity contribution in [1.82, 2.24) is 14.5 Å². The molecule has 238 valence electrons. The highest BCUT2D eigenvalue weighted by Gasteiger charge is 2.62. The van der Waals surface area contributed by atoms with Crippen molar-refractivity contribution in [1.29, 1.82) is 0 Å². The van der Waals surface area contributed by atoms with Gasteiger partial charge in [-0.25, -0.2) is 13.2 Å². The summed E-state index contributed by atoms with van der Waals surface area (Å²) in [6.07, 6.45) is -1.89. The lowest BCUT2D eigenvalue weighted by atomic mass is 10.1. The van der Waals surface area contributed by atoms with Crippen LogP contribution in [0.15, 0.2) is 21.9 Å². The molecule has 4 heterocycles. The van der Waals surface area contributed by atoms with Crippen molar-refractivity contribution in [2.24, 2.45) is 0 Å². The third kappa shape index (κ3) is 6.36. The van der Waals surface area contributed by atoms with Gasteiger partial charge in [0.15, 0.2) is 22.2 Å². The molecule has 4 atom stereocenters. The first-order chi connectivity index (χ1) is 19.5. The van der Waals surface area contributed by atoms with Gasteiger partial charge in [-0.05, 0) is 34.4 Å². The average Bonchev–Trinajstić information content (AvgIpc) is 3.18. The Balaban J connectivity index is 1.79. The number of nitrogens with zero attached hydrogens (tertiary/aromatic N) is 2. The Morgan fingerprint density at radius 3 is 2.10 bits per heavy atom. The van der Waals surface area contributed by atoms with E-state index in [2.05, 4.69) is 60.4 Å². The van der Waals surface area contributed by atoms with Gasteiger partial charge in [-0.1, -0.05) is 55.4 Å². The van der Waals surface area contributed by atoms with Crippen molar-refractivity contribution >= 4 is 44.4 Å². The molecule has 0 aromatic carbocycles. The van der Waals surface area contributed by atoms with Gasteiger partial charge in [-0.15, -0.1) is 0 Å². The summed E-state index contributed by atoms with van der Waals surface area (Å²) in [5.41, 5.74) is -0.844. The Morgan fingerprint density at radius 1 is 1.00 bits per heavy atom. The smallest absolute Gasteiger partial charge is 0.335 e. The van der Waals surface area contributed by atoms with Crippen LogP contribution < -0.4 is 11.2 Å². The van der Waals surface area contributed by atoms with E-state index in [1.165, 1.54) is 16.8 Å². The number of hydrogen-bond acceptors (Lipinski definition) is 10. The van der Waals surface area contributed by atoms with E-state index in [1.54, 1.807) is 4.90 Å². The summed E-state index contributed by atoms with van der Waals surface area (Å²) >= 11 is 5.67. The zero-order valence-corrected chi connectivity index (χ0v) is 29.3. The van der Waals surface area contributed by atoms with Gasteiger partial charge in [0, 0.05) is 25.4 Å². The molecule has 0 radical (unpaired) electrons. The van der Waals surface area contributed by atoms with Gasteiger partial charge in [0.05, 0.1) is 18.1 Å². The van der Waals surface area contributed by atoms with E-state index < -0.39 is 62.7 Å².